The van der Waals surface area contributed by atoms with Crippen LogP contribution >= 0.6 is 0 Å². The lowest BCUT2D eigenvalue weighted by molar-refractivity contribution is 0.667. The van der Waals surface area contributed by atoms with Gasteiger partial charge in [-0.15, -0.1) is 5.10 Å². The average molecular weight is 291 g/mol. The van der Waals surface area contributed by atoms with Gasteiger partial charge in [-0.25, -0.2) is 4.68 Å². The topological polar surface area (TPSA) is 55.1 Å². The van der Waals surface area contributed by atoms with E-state index in [0.717, 1.165) is 41.9 Å². The lowest BCUT2D eigenvalue weighted by atomic mass is 10.1. The molecule has 0 unspecified atom stereocenters. The molecule has 1 aliphatic heterocycles. The highest BCUT2D eigenvalue weighted by Crippen LogP contribution is 2.16. The summed E-state index contributed by atoms with van der Waals surface area (Å²) >= 11 is 0. The van der Waals surface area contributed by atoms with Crippen LogP contribution in [-0.4, -0.2) is 33.9 Å². The summed E-state index contributed by atoms with van der Waals surface area (Å²) in [7, 11) is 0. The lowest BCUT2D eigenvalue weighted by Gasteiger charge is -2.17. The van der Waals surface area contributed by atoms with Crippen LogP contribution in [0.15, 0.2) is 53.5 Å². The van der Waals surface area contributed by atoms with Crippen molar-refractivity contribution in [3.8, 4) is 0 Å². The van der Waals surface area contributed by atoms with E-state index in [1.165, 1.54) is 5.56 Å². The number of nitrogens with one attached hydrogen (secondary N) is 1. The second-order valence-corrected chi connectivity index (χ2v) is 5.40. The highest BCUT2D eigenvalue weighted by molar-refractivity contribution is 6.00. The Labute approximate surface area is 128 Å². The monoisotopic (exact) mass is 291 g/mol. The quantitative estimate of drug-likeness (QED) is 0.805. The molecule has 2 aromatic carbocycles. The van der Waals surface area contributed by atoms with Crippen molar-refractivity contribution in [3.05, 3.63) is 59.7 Å². The van der Waals surface area contributed by atoms with Crippen molar-refractivity contribution >= 4 is 16.9 Å². The van der Waals surface area contributed by atoms with Gasteiger partial charge >= 0.3 is 0 Å². The van der Waals surface area contributed by atoms with Gasteiger partial charge in [-0.2, -0.15) is 0 Å². The molecule has 22 heavy (non-hydrogen) atoms. The van der Waals surface area contributed by atoms with Crippen molar-refractivity contribution in [3.63, 3.8) is 0 Å². The van der Waals surface area contributed by atoms with E-state index < -0.39 is 0 Å². The van der Waals surface area contributed by atoms with Crippen LogP contribution < -0.4 is 5.32 Å². The molecular weight excluding hydrogens is 274 g/mol. The minimum atomic E-state index is 0.692. The zero-order valence-electron chi connectivity index (χ0n) is 12.2. The zero-order chi connectivity index (χ0) is 14.8. The molecule has 1 N–H and O–H groups in total. The normalized spacial score (nSPS) is 14.6. The van der Waals surface area contributed by atoms with Crippen molar-refractivity contribution in [2.24, 2.45) is 4.99 Å². The number of hydrogen-bond acceptors (Lipinski definition) is 4. The molecule has 4 rings (SSSR count). The number of benzene rings is 2. The Kier molecular flexibility index (Phi) is 3.31. The minimum Gasteiger partial charge on any atom is -0.370 e. The lowest BCUT2D eigenvalue weighted by Crippen LogP contribution is -2.31. The molecule has 5 nitrogen and oxygen atoms in total. The molecular formula is C17H17N5. The van der Waals surface area contributed by atoms with Crippen molar-refractivity contribution < 1.29 is 0 Å². The molecule has 110 valence electrons. The first kappa shape index (κ1) is 13.0. The predicted molar refractivity (Wildman–Crippen MR) is 87.1 cm³/mol. The van der Waals surface area contributed by atoms with Gasteiger partial charge in [-0.05, 0) is 24.1 Å². The smallest absolute Gasteiger partial charge is 0.128 e. The molecule has 0 saturated carbocycles. The van der Waals surface area contributed by atoms with E-state index in [-0.39, 0.29) is 0 Å². The Hall–Kier alpha value is -2.69. The highest BCUT2D eigenvalue weighted by atomic mass is 15.4. The average Bonchev–Trinajstić information content (AvgIpc) is 2.99. The van der Waals surface area contributed by atoms with E-state index >= 15 is 0 Å². The summed E-state index contributed by atoms with van der Waals surface area (Å²) in [6, 6.07) is 16.4. The third-order valence-electron chi connectivity index (χ3n) is 3.91. The number of aromatic nitrogens is 3. The van der Waals surface area contributed by atoms with Crippen LogP contribution in [0.1, 0.15) is 17.5 Å². The molecule has 0 bridgehead atoms. The molecule has 3 aromatic rings. The molecule has 0 aliphatic carbocycles. The van der Waals surface area contributed by atoms with E-state index in [4.69, 9.17) is 0 Å². The second-order valence-electron chi connectivity index (χ2n) is 5.40. The molecule has 1 aromatic heterocycles. The maximum absolute atomic E-state index is 4.61. The second kappa shape index (κ2) is 5.60. The van der Waals surface area contributed by atoms with Gasteiger partial charge in [0, 0.05) is 18.7 Å². The van der Waals surface area contributed by atoms with Crippen LogP contribution in [0.3, 0.4) is 0 Å². The molecule has 0 atom stereocenters. The third kappa shape index (κ3) is 2.35. The number of rotatable bonds is 3. The van der Waals surface area contributed by atoms with Crippen LogP contribution in [0.5, 0.6) is 0 Å². The van der Waals surface area contributed by atoms with Crippen molar-refractivity contribution in [2.75, 3.05) is 13.1 Å². The minimum absolute atomic E-state index is 0.692. The van der Waals surface area contributed by atoms with E-state index in [9.17, 15) is 0 Å². The number of nitrogens with zero attached hydrogens (tertiary/aromatic N) is 4. The molecule has 1 aliphatic rings. The number of amidine groups is 1. The van der Waals surface area contributed by atoms with Crippen molar-refractivity contribution in [1.29, 1.82) is 0 Å². The summed E-state index contributed by atoms with van der Waals surface area (Å²) in [5.74, 6) is 0.992. The molecule has 2 heterocycles. The first-order valence-electron chi connectivity index (χ1n) is 7.57. The van der Waals surface area contributed by atoms with Gasteiger partial charge in [0.05, 0.1) is 12.1 Å². The SMILES string of the molecule is c1ccc(C2=NCCCN2)c(Cn2nnc3ccccc32)c1. The van der Waals surface area contributed by atoms with Crippen LogP contribution in [0.4, 0.5) is 0 Å². The van der Waals surface area contributed by atoms with Gasteiger partial charge in [0.2, 0.25) is 0 Å². The predicted octanol–water partition coefficient (Wildman–Crippen LogP) is 2.22. The number of aliphatic imine (C=N–C) groups is 1. The van der Waals surface area contributed by atoms with Crippen molar-refractivity contribution in [2.45, 2.75) is 13.0 Å². The van der Waals surface area contributed by atoms with Gasteiger partial charge in [0.15, 0.2) is 0 Å². The van der Waals surface area contributed by atoms with E-state index in [2.05, 4.69) is 44.9 Å². The Morgan fingerprint density at radius 2 is 1.91 bits per heavy atom. The van der Waals surface area contributed by atoms with Crippen LogP contribution in [0.2, 0.25) is 0 Å². The largest absolute Gasteiger partial charge is 0.370 e. The maximum atomic E-state index is 4.61. The van der Waals surface area contributed by atoms with Gasteiger partial charge < -0.3 is 5.32 Å². The number of hydrogen-bond donors (Lipinski definition) is 1. The Morgan fingerprint density at radius 1 is 1.05 bits per heavy atom. The van der Waals surface area contributed by atoms with Crippen molar-refractivity contribution in [1.82, 2.24) is 20.3 Å². The van der Waals surface area contributed by atoms with Gasteiger partial charge in [-0.3, -0.25) is 4.99 Å². The van der Waals surface area contributed by atoms with Crippen LogP contribution in [0, 0.1) is 0 Å². The molecule has 5 heteroatoms. The molecule has 0 saturated heterocycles. The standard InChI is InChI=1S/C17H17N5/c1-2-7-14(17-18-10-5-11-19-17)13(6-1)12-22-16-9-4-3-8-15(16)20-21-22/h1-4,6-9H,5,10-12H2,(H,18,19). The first-order valence-corrected chi connectivity index (χ1v) is 7.57. The summed E-state index contributed by atoms with van der Waals surface area (Å²) in [4.78, 5) is 4.61. The Morgan fingerprint density at radius 3 is 2.82 bits per heavy atom. The van der Waals surface area contributed by atoms with Crippen LogP contribution in [-0.2, 0) is 6.54 Å². The Bertz CT molecular complexity index is 834. The summed E-state index contributed by atoms with van der Waals surface area (Å²) in [5.41, 5.74) is 4.33. The van der Waals surface area contributed by atoms with E-state index in [1.807, 2.05) is 28.9 Å². The van der Waals surface area contributed by atoms with Gasteiger partial charge in [0.1, 0.15) is 11.4 Å². The summed E-state index contributed by atoms with van der Waals surface area (Å²) in [6.45, 7) is 2.57. The van der Waals surface area contributed by atoms with Gasteiger partial charge in [0.25, 0.3) is 0 Å². The summed E-state index contributed by atoms with van der Waals surface area (Å²) in [6.07, 6.45) is 1.10. The fourth-order valence-electron chi connectivity index (χ4n) is 2.80. The van der Waals surface area contributed by atoms with Crippen LogP contribution in [0.25, 0.3) is 11.0 Å². The number of fused-ring (bicyclic) bond motifs is 1. The fraction of sp³-hybridized carbons (Fsp3) is 0.235. The molecule has 0 amide bonds. The summed E-state index contributed by atoms with van der Waals surface area (Å²) < 4.78 is 1.94. The van der Waals surface area contributed by atoms with E-state index in [0.29, 0.717) is 6.54 Å². The Balaban J connectivity index is 1.73. The third-order valence-corrected chi connectivity index (χ3v) is 3.91. The zero-order valence-corrected chi connectivity index (χ0v) is 12.2. The fourth-order valence-corrected chi connectivity index (χ4v) is 2.80. The molecule has 0 spiro atoms. The molecule has 0 radical (unpaired) electrons. The maximum Gasteiger partial charge on any atom is 0.128 e. The van der Waals surface area contributed by atoms with E-state index in [1.54, 1.807) is 0 Å². The highest BCUT2D eigenvalue weighted by Gasteiger charge is 2.13. The summed E-state index contributed by atoms with van der Waals surface area (Å²) in [5, 5.41) is 11.9. The first-order chi connectivity index (χ1) is 10.9. The molecule has 0 fully saturated rings. The van der Waals surface area contributed by atoms with Gasteiger partial charge in [-0.1, -0.05) is 41.6 Å². The number of para-hydroxylation sites is 1.